The van der Waals surface area contributed by atoms with E-state index in [9.17, 15) is 0 Å². The molecule has 0 amide bonds. The molecule has 3 N–H and O–H groups in total. The summed E-state index contributed by atoms with van der Waals surface area (Å²) in [5.74, 6) is 0. The second-order valence-corrected chi connectivity index (χ2v) is 3.13. The van der Waals surface area contributed by atoms with E-state index in [0.29, 0.717) is 5.56 Å². The fourth-order valence-electron chi connectivity index (χ4n) is 1.06. The highest BCUT2D eigenvalue weighted by molar-refractivity contribution is 7.80. The largest absolute Gasteiger partial charge is 0.376 e. The zero-order chi connectivity index (χ0) is 9.84. The molecule has 66 valence electrons. The standard InChI is InChI=1S/C9H9N3S/c1-6-2-7(5-10)4-8(3-6)12-9(11)13/h2-4H,1H3,(H3,11,12,13). The molecule has 0 aromatic heterocycles. The molecular weight excluding hydrogens is 182 g/mol. The molecule has 0 saturated heterocycles. The molecule has 0 fully saturated rings. The van der Waals surface area contributed by atoms with Gasteiger partial charge in [-0.25, -0.2) is 0 Å². The minimum absolute atomic E-state index is 0.203. The van der Waals surface area contributed by atoms with Gasteiger partial charge in [0, 0.05) is 5.69 Å². The van der Waals surface area contributed by atoms with Crippen LogP contribution in [0.15, 0.2) is 18.2 Å². The smallest absolute Gasteiger partial charge is 0.168 e. The van der Waals surface area contributed by atoms with E-state index in [4.69, 9.17) is 11.0 Å². The first-order valence-electron chi connectivity index (χ1n) is 3.70. The van der Waals surface area contributed by atoms with Crippen LogP contribution in [-0.2, 0) is 0 Å². The lowest BCUT2D eigenvalue weighted by molar-refractivity contribution is 1.41. The third-order valence-electron chi connectivity index (χ3n) is 1.47. The van der Waals surface area contributed by atoms with E-state index in [1.165, 1.54) is 0 Å². The molecule has 13 heavy (non-hydrogen) atoms. The molecule has 0 aliphatic heterocycles. The third kappa shape index (κ3) is 2.73. The second-order valence-electron chi connectivity index (χ2n) is 2.69. The van der Waals surface area contributed by atoms with Gasteiger partial charge in [-0.3, -0.25) is 0 Å². The number of anilines is 1. The Bertz CT molecular complexity index is 379. The van der Waals surface area contributed by atoms with Gasteiger partial charge in [-0.05, 0) is 42.9 Å². The highest BCUT2D eigenvalue weighted by Crippen LogP contribution is 2.13. The molecular formula is C9H9N3S. The normalized spacial score (nSPS) is 8.92. The zero-order valence-corrected chi connectivity index (χ0v) is 7.98. The molecule has 0 aliphatic rings. The first-order valence-corrected chi connectivity index (χ1v) is 4.11. The Morgan fingerprint density at radius 1 is 1.54 bits per heavy atom. The van der Waals surface area contributed by atoms with Gasteiger partial charge in [0.05, 0.1) is 11.6 Å². The van der Waals surface area contributed by atoms with Crippen LogP contribution in [0.5, 0.6) is 0 Å². The Kier molecular flexibility index (Phi) is 2.83. The number of aryl methyl sites for hydroxylation is 1. The van der Waals surface area contributed by atoms with Crippen molar-refractivity contribution in [1.29, 1.82) is 5.26 Å². The quantitative estimate of drug-likeness (QED) is 0.661. The first-order chi connectivity index (χ1) is 6.11. The number of nitrogens with zero attached hydrogens (tertiary/aromatic N) is 1. The van der Waals surface area contributed by atoms with E-state index in [1.54, 1.807) is 12.1 Å². The monoisotopic (exact) mass is 191 g/mol. The summed E-state index contributed by atoms with van der Waals surface area (Å²) >= 11 is 4.68. The van der Waals surface area contributed by atoms with Gasteiger partial charge < -0.3 is 11.1 Å². The molecule has 0 radical (unpaired) electrons. The number of hydrogen-bond donors (Lipinski definition) is 2. The van der Waals surface area contributed by atoms with Crippen LogP contribution in [-0.4, -0.2) is 5.11 Å². The molecule has 0 spiro atoms. The summed E-state index contributed by atoms with van der Waals surface area (Å²) < 4.78 is 0. The number of hydrogen-bond acceptors (Lipinski definition) is 2. The van der Waals surface area contributed by atoms with E-state index in [-0.39, 0.29) is 5.11 Å². The number of nitrogens with two attached hydrogens (primary N) is 1. The van der Waals surface area contributed by atoms with Crippen molar-refractivity contribution in [2.75, 3.05) is 5.32 Å². The minimum Gasteiger partial charge on any atom is -0.376 e. The predicted molar refractivity (Wildman–Crippen MR) is 56.3 cm³/mol. The van der Waals surface area contributed by atoms with Crippen LogP contribution >= 0.6 is 12.2 Å². The summed E-state index contributed by atoms with van der Waals surface area (Å²) in [5.41, 5.74) is 7.65. The maximum atomic E-state index is 8.68. The van der Waals surface area contributed by atoms with Crippen molar-refractivity contribution in [2.45, 2.75) is 6.92 Å². The average Bonchev–Trinajstić information content (AvgIpc) is 2.01. The van der Waals surface area contributed by atoms with Gasteiger partial charge in [-0.15, -0.1) is 0 Å². The summed E-state index contributed by atoms with van der Waals surface area (Å²) in [6.07, 6.45) is 0. The van der Waals surface area contributed by atoms with E-state index < -0.39 is 0 Å². The lowest BCUT2D eigenvalue weighted by atomic mass is 10.1. The Labute approximate surface area is 82.2 Å². The molecule has 1 aromatic carbocycles. The molecule has 0 aliphatic carbocycles. The van der Waals surface area contributed by atoms with E-state index >= 15 is 0 Å². The fraction of sp³-hybridized carbons (Fsp3) is 0.111. The molecule has 3 nitrogen and oxygen atoms in total. The summed E-state index contributed by atoms with van der Waals surface area (Å²) in [6, 6.07) is 7.43. The van der Waals surface area contributed by atoms with E-state index in [2.05, 4.69) is 23.6 Å². The summed E-state index contributed by atoms with van der Waals surface area (Å²) in [6.45, 7) is 1.91. The van der Waals surface area contributed by atoms with Crippen molar-refractivity contribution < 1.29 is 0 Å². The van der Waals surface area contributed by atoms with Crippen molar-refractivity contribution in [3.63, 3.8) is 0 Å². The molecule has 1 rings (SSSR count). The van der Waals surface area contributed by atoms with Crippen LogP contribution in [0.3, 0.4) is 0 Å². The van der Waals surface area contributed by atoms with Crippen molar-refractivity contribution in [2.24, 2.45) is 5.73 Å². The minimum atomic E-state index is 0.203. The number of benzene rings is 1. The van der Waals surface area contributed by atoms with Gasteiger partial charge in [-0.2, -0.15) is 5.26 Å². The maximum absolute atomic E-state index is 8.68. The number of thiocarbonyl (C=S) groups is 1. The zero-order valence-electron chi connectivity index (χ0n) is 7.16. The lowest BCUT2D eigenvalue weighted by Crippen LogP contribution is -2.18. The molecule has 0 bridgehead atoms. The fourth-order valence-corrected chi connectivity index (χ4v) is 1.18. The van der Waals surface area contributed by atoms with Crippen LogP contribution in [0.25, 0.3) is 0 Å². The molecule has 4 heteroatoms. The lowest BCUT2D eigenvalue weighted by Gasteiger charge is -2.04. The first kappa shape index (κ1) is 9.49. The van der Waals surface area contributed by atoms with Crippen LogP contribution in [0.4, 0.5) is 5.69 Å². The number of nitrogens with one attached hydrogen (secondary N) is 1. The Balaban J connectivity index is 3.03. The van der Waals surface area contributed by atoms with Crippen molar-refractivity contribution in [3.05, 3.63) is 29.3 Å². The van der Waals surface area contributed by atoms with Gasteiger partial charge >= 0.3 is 0 Å². The SMILES string of the molecule is Cc1cc(C#N)cc(NC(N)=S)c1. The van der Waals surface area contributed by atoms with Crippen molar-refractivity contribution in [1.82, 2.24) is 0 Å². The molecule has 0 heterocycles. The van der Waals surface area contributed by atoms with Gasteiger partial charge in [0.1, 0.15) is 0 Å². The second kappa shape index (κ2) is 3.87. The average molecular weight is 191 g/mol. The Hall–Kier alpha value is -1.60. The van der Waals surface area contributed by atoms with Gasteiger partial charge in [0.2, 0.25) is 0 Å². The van der Waals surface area contributed by atoms with Gasteiger partial charge in [-0.1, -0.05) is 0 Å². The van der Waals surface area contributed by atoms with E-state index in [0.717, 1.165) is 11.3 Å². The van der Waals surface area contributed by atoms with Crippen LogP contribution in [0, 0.1) is 18.3 Å². The maximum Gasteiger partial charge on any atom is 0.168 e. The summed E-state index contributed by atoms with van der Waals surface area (Å²) in [5, 5.41) is 11.7. The van der Waals surface area contributed by atoms with Crippen molar-refractivity contribution >= 4 is 23.0 Å². The van der Waals surface area contributed by atoms with Crippen LogP contribution < -0.4 is 11.1 Å². The van der Waals surface area contributed by atoms with Crippen molar-refractivity contribution in [3.8, 4) is 6.07 Å². The summed E-state index contributed by atoms with van der Waals surface area (Å²) in [4.78, 5) is 0. The highest BCUT2D eigenvalue weighted by atomic mass is 32.1. The molecule has 1 aromatic rings. The molecule has 0 saturated carbocycles. The molecule has 0 atom stereocenters. The van der Waals surface area contributed by atoms with Gasteiger partial charge in [0.15, 0.2) is 5.11 Å². The Morgan fingerprint density at radius 2 is 2.23 bits per heavy atom. The van der Waals surface area contributed by atoms with Crippen LogP contribution in [0.2, 0.25) is 0 Å². The number of nitriles is 1. The topological polar surface area (TPSA) is 61.8 Å². The highest BCUT2D eigenvalue weighted by Gasteiger charge is 1.97. The Morgan fingerprint density at radius 3 is 2.77 bits per heavy atom. The van der Waals surface area contributed by atoms with Crippen LogP contribution in [0.1, 0.15) is 11.1 Å². The van der Waals surface area contributed by atoms with Gasteiger partial charge in [0.25, 0.3) is 0 Å². The third-order valence-corrected chi connectivity index (χ3v) is 1.58. The van der Waals surface area contributed by atoms with E-state index in [1.807, 2.05) is 13.0 Å². The predicted octanol–water partition coefficient (Wildman–Crippen LogP) is 1.52. The molecule has 0 unspecified atom stereocenters. The summed E-state index contributed by atoms with van der Waals surface area (Å²) in [7, 11) is 0. The number of rotatable bonds is 1.